The second kappa shape index (κ2) is 14.1. The number of aliphatic hydroxyl groups is 1. The number of anilines is 4. The number of rotatable bonds is 12. The molecule has 12 nitrogen and oxygen atoms in total. The number of pyridine rings is 1. The molecule has 0 saturated heterocycles. The van der Waals surface area contributed by atoms with Gasteiger partial charge in [-0.25, -0.2) is 9.97 Å². The van der Waals surface area contributed by atoms with Crippen molar-refractivity contribution in [2.24, 2.45) is 7.05 Å². The highest BCUT2D eigenvalue weighted by Gasteiger charge is 2.36. The van der Waals surface area contributed by atoms with E-state index >= 15 is 0 Å². The highest BCUT2D eigenvalue weighted by molar-refractivity contribution is 7.53. The number of benzene rings is 1. The van der Waals surface area contributed by atoms with Crippen molar-refractivity contribution >= 4 is 41.5 Å². The smallest absolute Gasteiger partial charge is 0.421 e. The van der Waals surface area contributed by atoms with Crippen LogP contribution in [0.3, 0.4) is 0 Å². The van der Waals surface area contributed by atoms with E-state index in [-0.39, 0.29) is 60.5 Å². The predicted molar refractivity (Wildman–Crippen MR) is 171 cm³/mol. The molecular weight excluding hydrogens is 640 g/mol. The van der Waals surface area contributed by atoms with Gasteiger partial charge in [0.1, 0.15) is 17.1 Å². The predicted octanol–water partition coefficient (Wildman–Crippen LogP) is 7.37. The first kappa shape index (κ1) is 34.4. The summed E-state index contributed by atoms with van der Waals surface area (Å²) in [5.74, 6) is -0.644. The minimum atomic E-state index is -4.79. The summed E-state index contributed by atoms with van der Waals surface area (Å²) in [5.41, 5.74) is 0.670. The molecule has 47 heavy (non-hydrogen) atoms. The lowest BCUT2D eigenvalue weighted by molar-refractivity contribution is -0.137. The third kappa shape index (κ3) is 7.64. The highest BCUT2D eigenvalue weighted by Crippen LogP contribution is 2.51. The number of aliphatic hydroxyl groups excluding tert-OH is 1. The van der Waals surface area contributed by atoms with Crippen molar-refractivity contribution in [3.05, 3.63) is 53.5 Å². The zero-order chi connectivity index (χ0) is 33.9. The molecule has 0 amide bonds. The van der Waals surface area contributed by atoms with Crippen LogP contribution in [0.2, 0.25) is 0 Å². The molecule has 0 spiro atoms. The number of alkyl halides is 3. The number of nitrogens with zero attached hydrogens (tertiary/aromatic N) is 4. The van der Waals surface area contributed by atoms with Crippen LogP contribution >= 0.6 is 7.60 Å². The number of ether oxygens (including phenoxy) is 1. The van der Waals surface area contributed by atoms with E-state index in [2.05, 4.69) is 25.6 Å². The van der Waals surface area contributed by atoms with Crippen LogP contribution in [-0.2, 0) is 33.0 Å². The van der Waals surface area contributed by atoms with Crippen molar-refractivity contribution in [3.8, 4) is 11.8 Å². The van der Waals surface area contributed by atoms with Gasteiger partial charge in [0.05, 0.1) is 49.4 Å². The number of hydrogen-bond donors (Lipinski definition) is 4. The van der Waals surface area contributed by atoms with Gasteiger partial charge in [0.25, 0.3) is 0 Å². The average Bonchev–Trinajstić information content (AvgIpc) is 3.32. The number of methoxy groups -OCH3 is 1. The molecule has 5 rings (SSSR count). The van der Waals surface area contributed by atoms with Crippen molar-refractivity contribution in [1.82, 2.24) is 19.5 Å². The summed E-state index contributed by atoms with van der Waals surface area (Å²) in [7, 11) is -0.442. The van der Waals surface area contributed by atoms with E-state index in [1.54, 1.807) is 45.3 Å². The Balaban J connectivity index is 1.48. The van der Waals surface area contributed by atoms with Gasteiger partial charge in [0, 0.05) is 24.8 Å². The summed E-state index contributed by atoms with van der Waals surface area (Å²) in [4.78, 5) is 12.4. The molecule has 1 saturated carbocycles. The number of nitrogens with one attached hydrogen (secondary N) is 2. The van der Waals surface area contributed by atoms with Crippen LogP contribution in [0.15, 0.2) is 36.7 Å². The van der Waals surface area contributed by atoms with Crippen LogP contribution in [0.1, 0.15) is 62.3 Å². The summed E-state index contributed by atoms with van der Waals surface area (Å²) in [6, 6.07) is 6.58. The standard InChI is InChI=1S/C31H38F3N6O6P/c1-5-45-47(43,46-6-2)17-19-9-13-25(28(36-19)44-4)38-30-35-15-23(31(32,33)34)27(39-30)37-24-14-12-21(18-7-10-20(41)11-8-18)22-16-40(3)29(42)26(22)24/h9,12-16,18,20,41-42H,5-8,10-11,17H2,1-4H3,(H2,35,37,38,39). The van der Waals surface area contributed by atoms with E-state index in [1.807, 2.05) is 6.07 Å². The van der Waals surface area contributed by atoms with Crippen LogP contribution in [-0.4, -0.2) is 56.2 Å². The van der Waals surface area contributed by atoms with Crippen molar-refractivity contribution in [2.75, 3.05) is 31.0 Å². The van der Waals surface area contributed by atoms with Crippen molar-refractivity contribution in [1.29, 1.82) is 0 Å². The zero-order valence-corrected chi connectivity index (χ0v) is 27.4. The number of aryl methyl sites for hydroxylation is 1. The van der Waals surface area contributed by atoms with E-state index in [1.165, 1.54) is 11.7 Å². The fraction of sp³-hybridized carbons (Fsp3) is 0.452. The molecule has 4 N–H and O–H groups in total. The van der Waals surface area contributed by atoms with Crippen LogP contribution in [0, 0.1) is 0 Å². The lowest BCUT2D eigenvalue weighted by Gasteiger charge is -2.26. The van der Waals surface area contributed by atoms with Crippen molar-refractivity contribution in [3.63, 3.8) is 0 Å². The maximum absolute atomic E-state index is 14.2. The molecule has 1 aliphatic rings. The quantitative estimate of drug-likeness (QED) is 0.111. The Hall–Kier alpha value is -3.91. The molecule has 16 heteroatoms. The third-order valence-electron chi connectivity index (χ3n) is 8.01. The maximum atomic E-state index is 14.2. The number of halogens is 3. The summed E-state index contributed by atoms with van der Waals surface area (Å²) >= 11 is 0. The number of aromatic hydroxyl groups is 1. The molecule has 0 bridgehead atoms. The SMILES string of the molecule is CCOP(=O)(Cc1ccc(Nc2ncc(C(F)(F)F)c(Nc3ccc(C4CCC(O)CC4)c4cn(C)c(O)c34)n2)c(OC)n1)OCC. The van der Waals surface area contributed by atoms with Gasteiger partial charge in [-0.3, -0.25) is 4.57 Å². The van der Waals surface area contributed by atoms with Gasteiger partial charge in [-0.15, -0.1) is 0 Å². The van der Waals surface area contributed by atoms with E-state index in [0.29, 0.717) is 35.5 Å². The fourth-order valence-corrected chi connectivity index (χ4v) is 7.44. The van der Waals surface area contributed by atoms with Crippen LogP contribution in [0.5, 0.6) is 11.8 Å². The largest absolute Gasteiger partial charge is 0.494 e. The minimum absolute atomic E-state index is 0.0572. The van der Waals surface area contributed by atoms with Crippen LogP contribution in [0.25, 0.3) is 10.8 Å². The Kier molecular flexibility index (Phi) is 10.3. The highest BCUT2D eigenvalue weighted by atomic mass is 31.2. The maximum Gasteiger partial charge on any atom is 0.421 e. The summed E-state index contributed by atoms with van der Waals surface area (Å²) < 4.78 is 73.1. The van der Waals surface area contributed by atoms with Crippen LogP contribution in [0.4, 0.5) is 36.3 Å². The first-order valence-electron chi connectivity index (χ1n) is 15.2. The average molecular weight is 679 g/mol. The Labute approximate surface area is 269 Å². The van der Waals surface area contributed by atoms with Crippen LogP contribution < -0.4 is 15.4 Å². The van der Waals surface area contributed by atoms with Gasteiger partial charge < -0.3 is 39.2 Å². The van der Waals surface area contributed by atoms with E-state index in [4.69, 9.17) is 13.8 Å². The molecule has 1 aliphatic carbocycles. The minimum Gasteiger partial charge on any atom is -0.494 e. The fourth-order valence-electron chi connectivity index (χ4n) is 5.82. The normalized spacial score (nSPS) is 17.2. The third-order valence-corrected chi connectivity index (χ3v) is 10.0. The topological polar surface area (TPSA) is 153 Å². The molecule has 0 unspecified atom stereocenters. The Bertz CT molecular complexity index is 1770. The van der Waals surface area contributed by atoms with Gasteiger partial charge in [-0.1, -0.05) is 6.07 Å². The first-order valence-corrected chi connectivity index (χ1v) is 17.0. The Morgan fingerprint density at radius 1 is 1.02 bits per heavy atom. The number of fused-ring (bicyclic) bond motifs is 1. The first-order chi connectivity index (χ1) is 22.4. The van der Waals surface area contributed by atoms with Gasteiger partial charge in [0.2, 0.25) is 17.7 Å². The summed E-state index contributed by atoms with van der Waals surface area (Å²) in [5, 5.41) is 27.7. The monoisotopic (exact) mass is 678 g/mol. The van der Waals surface area contributed by atoms with Gasteiger partial charge in [0.15, 0.2) is 0 Å². The molecule has 3 heterocycles. The summed E-state index contributed by atoms with van der Waals surface area (Å²) in [6.45, 7) is 3.76. The molecular formula is C31H38F3N6O6P. The second-order valence-corrected chi connectivity index (χ2v) is 13.3. The Morgan fingerprint density at radius 3 is 2.34 bits per heavy atom. The molecule has 4 aromatic rings. The molecule has 1 aromatic carbocycles. The zero-order valence-electron chi connectivity index (χ0n) is 26.5. The number of hydrogen-bond acceptors (Lipinski definition) is 11. The van der Waals surface area contributed by atoms with Gasteiger partial charge in [-0.05, 0) is 69.2 Å². The van der Waals surface area contributed by atoms with Crippen molar-refractivity contribution in [2.45, 2.75) is 63.9 Å². The molecule has 254 valence electrons. The molecule has 0 aliphatic heterocycles. The van der Waals surface area contributed by atoms with E-state index in [9.17, 15) is 27.9 Å². The van der Waals surface area contributed by atoms with Crippen molar-refractivity contribution < 1.29 is 41.7 Å². The molecule has 0 atom stereocenters. The van der Waals surface area contributed by atoms with E-state index in [0.717, 1.165) is 18.4 Å². The Morgan fingerprint density at radius 2 is 1.70 bits per heavy atom. The summed E-state index contributed by atoms with van der Waals surface area (Å²) in [6.07, 6.45) is -0.0150. The lowest BCUT2D eigenvalue weighted by Crippen LogP contribution is -2.17. The number of aromatic nitrogens is 4. The molecule has 3 aromatic heterocycles. The van der Waals surface area contributed by atoms with Gasteiger partial charge >= 0.3 is 13.8 Å². The second-order valence-electron chi connectivity index (χ2n) is 11.2. The lowest BCUT2D eigenvalue weighted by atomic mass is 9.81. The van der Waals surface area contributed by atoms with E-state index < -0.39 is 25.2 Å². The molecule has 1 fully saturated rings. The van der Waals surface area contributed by atoms with Gasteiger partial charge in [-0.2, -0.15) is 18.2 Å². The molecule has 0 radical (unpaired) electrons.